The summed E-state index contributed by atoms with van der Waals surface area (Å²) in [5.41, 5.74) is 5.34. The van der Waals surface area contributed by atoms with Gasteiger partial charge in [0.2, 0.25) is 11.8 Å². The van der Waals surface area contributed by atoms with Crippen LogP contribution in [0.1, 0.15) is 94.8 Å². The fourth-order valence-corrected chi connectivity index (χ4v) is 8.15. The molecule has 3 fully saturated rings. The molecule has 6 rings (SSSR count). The largest absolute Gasteiger partial charge is 0.469 e. The molecule has 3 aliphatic heterocycles. The van der Waals surface area contributed by atoms with E-state index in [9.17, 15) is 19.2 Å². The van der Waals surface area contributed by atoms with Crippen molar-refractivity contribution in [2.45, 2.75) is 110 Å². The summed E-state index contributed by atoms with van der Waals surface area (Å²) < 4.78 is 15.7. The zero-order valence-corrected chi connectivity index (χ0v) is 34.4. The summed E-state index contributed by atoms with van der Waals surface area (Å²) in [4.78, 5) is 62.1. The number of rotatable bonds is 11. The van der Waals surface area contributed by atoms with Crippen molar-refractivity contribution < 1.29 is 33.4 Å². The number of ether oxygens (including phenoxy) is 3. The average Bonchev–Trinajstić information content (AvgIpc) is 4.02. The second kappa shape index (κ2) is 19.0. The molecule has 0 unspecified atom stereocenters. The highest BCUT2D eigenvalue weighted by Crippen LogP contribution is 2.45. The fraction of sp³-hybridized carbons (Fsp3) is 0.568. The Hall–Kier alpha value is -4.71. The molecule has 2 N–H and O–H groups in total. The first kappa shape index (κ1) is 42.4. The molecular weight excluding hydrogens is 711 g/mol. The highest BCUT2D eigenvalue weighted by molar-refractivity contribution is 5.86. The van der Waals surface area contributed by atoms with Gasteiger partial charge in [-0.3, -0.25) is 14.4 Å². The molecule has 12 nitrogen and oxygen atoms in total. The highest BCUT2D eigenvalue weighted by atomic mass is 16.5. The van der Waals surface area contributed by atoms with E-state index >= 15 is 0 Å². The number of aryl methyl sites for hydroxylation is 2. The molecule has 0 aliphatic carbocycles. The number of amides is 3. The van der Waals surface area contributed by atoms with Crippen molar-refractivity contribution in [2.75, 3.05) is 33.9 Å². The summed E-state index contributed by atoms with van der Waals surface area (Å²) in [5.74, 6) is -0.0458. The van der Waals surface area contributed by atoms with E-state index in [4.69, 9.17) is 9.47 Å². The number of alkyl carbamates (subject to hydrolysis) is 1. The van der Waals surface area contributed by atoms with Gasteiger partial charge in [0.05, 0.1) is 56.6 Å². The minimum atomic E-state index is -0.559. The van der Waals surface area contributed by atoms with Gasteiger partial charge in [0.25, 0.3) is 0 Å². The zero-order chi connectivity index (χ0) is 40.6. The first-order valence-corrected chi connectivity index (χ1v) is 20.1. The third-order valence-electron chi connectivity index (χ3n) is 11.5. The van der Waals surface area contributed by atoms with E-state index in [0.717, 1.165) is 62.3 Å². The van der Waals surface area contributed by atoms with Crippen LogP contribution in [0.2, 0.25) is 0 Å². The number of imidazole rings is 1. The van der Waals surface area contributed by atoms with E-state index in [2.05, 4.69) is 82.4 Å². The third-order valence-corrected chi connectivity index (χ3v) is 11.5. The lowest BCUT2D eigenvalue weighted by Crippen LogP contribution is -2.52. The molecule has 56 heavy (non-hydrogen) atoms. The molecule has 5 atom stereocenters. The van der Waals surface area contributed by atoms with E-state index in [0.29, 0.717) is 13.0 Å². The molecular formula is C44H61N5O7. The molecule has 1 spiro atoms. The Morgan fingerprint density at radius 1 is 0.911 bits per heavy atom. The van der Waals surface area contributed by atoms with Gasteiger partial charge in [0.15, 0.2) is 0 Å². The molecule has 304 valence electrons. The van der Waals surface area contributed by atoms with Crippen LogP contribution in [0.4, 0.5) is 4.79 Å². The summed E-state index contributed by atoms with van der Waals surface area (Å²) in [7, 11) is 2.67. The van der Waals surface area contributed by atoms with Crippen molar-refractivity contribution in [3.8, 4) is 11.3 Å². The molecule has 4 heterocycles. The van der Waals surface area contributed by atoms with Crippen LogP contribution in [0.5, 0.6) is 0 Å². The summed E-state index contributed by atoms with van der Waals surface area (Å²) >= 11 is 0. The van der Waals surface area contributed by atoms with E-state index in [-0.39, 0.29) is 53.7 Å². The minimum Gasteiger partial charge on any atom is -0.469 e. The van der Waals surface area contributed by atoms with Crippen LogP contribution in [0.25, 0.3) is 11.3 Å². The van der Waals surface area contributed by atoms with Gasteiger partial charge in [-0.25, -0.2) is 9.78 Å². The SMILES string of the molecule is COC(=O)C[C@H](C(=O)N1C[C@]2(CCCO2)C[C@H]1c1ncc(-c2ccc(C)cc2)[nH]1)C(C)C.COC(=O)N[C@H](C(=O)N1CCC[C@H]1Cc1ccc(C)cc1)C(C)C. The molecule has 0 bridgehead atoms. The van der Waals surface area contributed by atoms with Crippen molar-refractivity contribution in [3.05, 3.63) is 77.2 Å². The number of carbonyl (C=O) groups is 4. The predicted octanol–water partition coefficient (Wildman–Crippen LogP) is 6.95. The maximum Gasteiger partial charge on any atom is 0.407 e. The standard InChI is InChI=1S/C25H33N3O4.C19H28N2O3/c1-16(2)19(12-22(29)31-4)24(30)28-15-25(10-5-11-32-25)13-21(28)23-26-14-20(27-23)18-8-6-17(3)7-9-18;1-13(2)17(20-19(23)24-4)18(22)21-11-5-6-16(21)12-15-9-7-14(3)8-10-15/h6-9,14,16,19,21H,5,10-13,15H2,1-4H3,(H,26,27);7-10,13,16-17H,5-6,11-12H2,1-4H3,(H,20,23)/t19-,21-,25-;16-,17-/m00/s1. The first-order valence-electron chi connectivity index (χ1n) is 20.1. The van der Waals surface area contributed by atoms with Gasteiger partial charge in [0, 0.05) is 25.6 Å². The predicted molar refractivity (Wildman–Crippen MR) is 214 cm³/mol. The van der Waals surface area contributed by atoms with Crippen LogP contribution in [0.3, 0.4) is 0 Å². The fourth-order valence-electron chi connectivity index (χ4n) is 8.15. The molecule has 12 heteroatoms. The van der Waals surface area contributed by atoms with Crippen molar-refractivity contribution in [1.29, 1.82) is 0 Å². The number of benzene rings is 2. The maximum atomic E-state index is 13.7. The molecule has 2 aromatic carbocycles. The average molecular weight is 772 g/mol. The Bertz CT molecular complexity index is 1780. The third kappa shape index (κ3) is 10.4. The Morgan fingerprint density at radius 2 is 1.59 bits per heavy atom. The number of aromatic amines is 1. The normalized spacial score (nSPS) is 21.5. The number of carbonyl (C=O) groups excluding carboxylic acids is 4. The van der Waals surface area contributed by atoms with Gasteiger partial charge in [-0.15, -0.1) is 0 Å². The molecule has 3 aromatic rings. The number of nitrogens with zero attached hydrogens (tertiary/aromatic N) is 3. The van der Waals surface area contributed by atoms with Crippen LogP contribution in [-0.2, 0) is 35.0 Å². The first-order chi connectivity index (χ1) is 26.7. The van der Waals surface area contributed by atoms with Crippen LogP contribution >= 0.6 is 0 Å². The smallest absolute Gasteiger partial charge is 0.407 e. The minimum absolute atomic E-state index is 0.00925. The number of methoxy groups -OCH3 is 2. The van der Waals surface area contributed by atoms with E-state index in [1.807, 2.05) is 43.7 Å². The van der Waals surface area contributed by atoms with Crippen LogP contribution < -0.4 is 5.32 Å². The number of nitrogens with one attached hydrogen (secondary N) is 2. The van der Waals surface area contributed by atoms with Crippen molar-refractivity contribution >= 4 is 23.9 Å². The quantitative estimate of drug-likeness (QED) is 0.200. The Labute approximate surface area is 332 Å². The molecule has 1 aromatic heterocycles. The number of likely N-dealkylation sites (tertiary alicyclic amines) is 2. The molecule has 0 saturated carbocycles. The monoisotopic (exact) mass is 771 g/mol. The van der Waals surface area contributed by atoms with Crippen LogP contribution in [0, 0.1) is 31.6 Å². The number of hydrogen-bond donors (Lipinski definition) is 2. The van der Waals surface area contributed by atoms with Crippen molar-refractivity contribution in [1.82, 2.24) is 25.1 Å². The maximum absolute atomic E-state index is 13.7. The van der Waals surface area contributed by atoms with Crippen molar-refractivity contribution in [3.63, 3.8) is 0 Å². The molecule has 3 aliphatic rings. The molecule has 3 saturated heterocycles. The van der Waals surface area contributed by atoms with Gasteiger partial charge in [-0.05, 0) is 68.9 Å². The zero-order valence-electron chi connectivity index (χ0n) is 34.4. The Morgan fingerprint density at radius 3 is 2.18 bits per heavy atom. The highest BCUT2D eigenvalue weighted by Gasteiger charge is 2.51. The number of aromatic nitrogens is 2. The van der Waals surface area contributed by atoms with E-state index in [1.54, 1.807) is 0 Å². The number of H-pyrrole nitrogens is 1. The summed E-state index contributed by atoms with van der Waals surface area (Å²) in [6, 6.07) is 16.2. The lowest BCUT2D eigenvalue weighted by atomic mass is 9.90. The molecule has 0 radical (unpaired) electrons. The summed E-state index contributed by atoms with van der Waals surface area (Å²) in [6.07, 6.45) is 6.86. The summed E-state index contributed by atoms with van der Waals surface area (Å²) in [6.45, 7) is 13.9. The second-order valence-electron chi connectivity index (χ2n) is 16.4. The Kier molecular flexibility index (Phi) is 14.4. The van der Waals surface area contributed by atoms with Gasteiger partial charge in [0.1, 0.15) is 11.9 Å². The van der Waals surface area contributed by atoms with Gasteiger partial charge >= 0.3 is 12.1 Å². The van der Waals surface area contributed by atoms with Crippen LogP contribution in [-0.4, -0.2) is 95.2 Å². The van der Waals surface area contributed by atoms with Gasteiger partial charge in [-0.1, -0.05) is 87.4 Å². The van der Waals surface area contributed by atoms with E-state index < -0.39 is 18.1 Å². The number of hydrogen-bond acceptors (Lipinski definition) is 8. The van der Waals surface area contributed by atoms with Crippen molar-refractivity contribution in [2.24, 2.45) is 17.8 Å². The van der Waals surface area contributed by atoms with Gasteiger partial charge in [-0.2, -0.15) is 0 Å². The second-order valence-corrected chi connectivity index (χ2v) is 16.4. The summed E-state index contributed by atoms with van der Waals surface area (Å²) in [5, 5.41) is 2.68. The van der Waals surface area contributed by atoms with E-state index in [1.165, 1.54) is 30.9 Å². The number of esters is 1. The topological polar surface area (TPSA) is 143 Å². The van der Waals surface area contributed by atoms with Gasteiger partial charge < -0.3 is 34.3 Å². The molecule has 3 amide bonds. The lowest BCUT2D eigenvalue weighted by molar-refractivity contribution is -0.148. The Balaban J connectivity index is 0.000000224. The lowest BCUT2D eigenvalue weighted by Gasteiger charge is -2.31. The van der Waals surface area contributed by atoms with Crippen LogP contribution in [0.15, 0.2) is 54.7 Å².